The van der Waals surface area contributed by atoms with Crippen LogP contribution in [0.15, 0.2) is 37.4 Å². The minimum Gasteiger partial charge on any atom is -0.355 e. The van der Waals surface area contributed by atoms with Crippen molar-refractivity contribution >= 4 is 29.8 Å². The Bertz CT molecular complexity index is 738. The molecule has 1 aromatic heterocycles. The fourth-order valence-electron chi connectivity index (χ4n) is 3.37. The number of allylic oxidation sites excluding steroid dienone is 2. The summed E-state index contributed by atoms with van der Waals surface area (Å²) < 4.78 is 0. The Morgan fingerprint density at radius 2 is 2.08 bits per heavy atom. The van der Waals surface area contributed by atoms with Crippen LogP contribution in [0.2, 0.25) is 0 Å². The highest BCUT2D eigenvalue weighted by atomic mass is 16.2. The molecule has 2 amide bonds. The first-order valence-corrected chi connectivity index (χ1v) is 8.10. The molecule has 24 heavy (non-hydrogen) atoms. The van der Waals surface area contributed by atoms with Crippen LogP contribution in [0.5, 0.6) is 0 Å². The number of rotatable bonds is 4. The van der Waals surface area contributed by atoms with E-state index < -0.39 is 5.41 Å². The molecular formula is C19H21N3O2. The van der Waals surface area contributed by atoms with E-state index in [0.717, 1.165) is 30.0 Å². The lowest BCUT2D eigenvalue weighted by Gasteiger charge is -2.31. The monoisotopic (exact) mass is 323 g/mol. The third kappa shape index (κ3) is 2.89. The standard InChI is InChI=1S/C19H21N3O2/c1-3-5-6-14-7-8-16(20-15(14)4-2)22-12-11-19(13-22)10-9-17(23)21-18(19)24/h3-8H,1-2,9-13H2,(H,21,23,24)/b6-5-. The van der Waals surface area contributed by atoms with Crippen LogP contribution in [0.1, 0.15) is 30.5 Å². The molecule has 2 saturated heterocycles. The zero-order chi connectivity index (χ0) is 17.2. The Balaban J connectivity index is 1.82. The van der Waals surface area contributed by atoms with Crippen LogP contribution in [0, 0.1) is 5.41 Å². The summed E-state index contributed by atoms with van der Waals surface area (Å²) in [4.78, 5) is 30.5. The summed E-state index contributed by atoms with van der Waals surface area (Å²) >= 11 is 0. The molecule has 5 heteroatoms. The van der Waals surface area contributed by atoms with Crippen LogP contribution < -0.4 is 10.2 Å². The molecule has 0 aliphatic carbocycles. The van der Waals surface area contributed by atoms with Gasteiger partial charge >= 0.3 is 0 Å². The number of imide groups is 1. The quantitative estimate of drug-likeness (QED) is 0.683. The Labute approximate surface area is 141 Å². The summed E-state index contributed by atoms with van der Waals surface area (Å²) in [5, 5.41) is 2.48. The van der Waals surface area contributed by atoms with Crippen molar-refractivity contribution in [2.75, 3.05) is 18.0 Å². The lowest BCUT2D eigenvalue weighted by atomic mass is 9.79. The van der Waals surface area contributed by atoms with Gasteiger partial charge in [0.05, 0.1) is 11.1 Å². The van der Waals surface area contributed by atoms with Crippen molar-refractivity contribution < 1.29 is 9.59 Å². The SMILES string of the molecule is C=C/C=C\c1ccc(N2CCC3(CCC(=O)NC3=O)C2)nc1C=C. The van der Waals surface area contributed by atoms with Gasteiger partial charge in [0.25, 0.3) is 0 Å². The van der Waals surface area contributed by atoms with Crippen LogP contribution in [0.3, 0.4) is 0 Å². The first-order valence-electron chi connectivity index (χ1n) is 8.10. The summed E-state index contributed by atoms with van der Waals surface area (Å²) in [7, 11) is 0. The molecule has 2 fully saturated rings. The minimum atomic E-state index is -0.467. The van der Waals surface area contributed by atoms with E-state index in [1.807, 2.05) is 24.3 Å². The molecule has 0 aromatic carbocycles. The molecular weight excluding hydrogens is 302 g/mol. The van der Waals surface area contributed by atoms with E-state index in [9.17, 15) is 9.59 Å². The Kier molecular flexibility index (Phi) is 4.34. The largest absolute Gasteiger partial charge is 0.355 e. The molecule has 1 atom stereocenters. The van der Waals surface area contributed by atoms with Gasteiger partial charge in [0.15, 0.2) is 0 Å². The number of nitrogens with zero attached hydrogens (tertiary/aromatic N) is 2. The summed E-state index contributed by atoms with van der Waals surface area (Å²) in [6.45, 7) is 8.85. The molecule has 0 radical (unpaired) electrons. The number of aromatic nitrogens is 1. The number of carbonyl (C=O) groups is 2. The predicted molar refractivity (Wildman–Crippen MR) is 95.2 cm³/mol. The lowest BCUT2D eigenvalue weighted by molar-refractivity contribution is -0.140. The van der Waals surface area contributed by atoms with Gasteiger partial charge in [-0.2, -0.15) is 0 Å². The number of nitrogens with one attached hydrogen (secondary N) is 1. The van der Waals surface area contributed by atoms with E-state index in [2.05, 4.69) is 28.4 Å². The molecule has 1 N–H and O–H groups in total. The third-order valence-corrected chi connectivity index (χ3v) is 4.79. The molecule has 3 rings (SSSR count). The van der Waals surface area contributed by atoms with Crippen molar-refractivity contribution in [3.63, 3.8) is 0 Å². The summed E-state index contributed by atoms with van der Waals surface area (Å²) in [5.74, 6) is 0.521. The zero-order valence-corrected chi connectivity index (χ0v) is 13.6. The van der Waals surface area contributed by atoms with Gasteiger partial charge in [-0.25, -0.2) is 4.98 Å². The molecule has 0 bridgehead atoms. The molecule has 5 nitrogen and oxygen atoms in total. The normalized spacial score (nSPS) is 23.8. The topological polar surface area (TPSA) is 62.3 Å². The Hall–Kier alpha value is -2.69. The highest BCUT2D eigenvalue weighted by Gasteiger charge is 2.47. The maximum atomic E-state index is 12.3. The first kappa shape index (κ1) is 16.2. The van der Waals surface area contributed by atoms with Gasteiger partial charge in [-0.05, 0) is 31.1 Å². The number of piperidine rings is 1. The van der Waals surface area contributed by atoms with Crippen LogP contribution in [0.4, 0.5) is 5.82 Å². The maximum absolute atomic E-state index is 12.3. The van der Waals surface area contributed by atoms with E-state index in [-0.39, 0.29) is 11.8 Å². The van der Waals surface area contributed by atoms with Gasteiger partial charge in [-0.3, -0.25) is 14.9 Å². The van der Waals surface area contributed by atoms with Crippen molar-refractivity contribution in [3.05, 3.63) is 48.7 Å². The number of anilines is 1. The van der Waals surface area contributed by atoms with Gasteiger partial charge in [-0.1, -0.05) is 31.4 Å². The Morgan fingerprint density at radius 1 is 1.25 bits per heavy atom. The van der Waals surface area contributed by atoms with Crippen LogP contribution in [0.25, 0.3) is 12.2 Å². The fourth-order valence-corrected chi connectivity index (χ4v) is 3.37. The predicted octanol–water partition coefficient (Wildman–Crippen LogP) is 2.56. The van der Waals surface area contributed by atoms with Crippen molar-refractivity contribution in [3.8, 4) is 0 Å². The molecule has 2 aliphatic rings. The van der Waals surface area contributed by atoms with Gasteiger partial charge in [0.2, 0.25) is 11.8 Å². The smallest absolute Gasteiger partial charge is 0.234 e. The van der Waals surface area contributed by atoms with E-state index in [1.165, 1.54) is 0 Å². The fraction of sp³-hybridized carbons (Fsp3) is 0.316. The van der Waals surface area contributed by atoms with Gasteiger partial charge in [0, 0.05) is 25.1 Å². The van der Waals surface area contributed by atoms with Crippen molar-refractivity contribution in [2.24, 2.45) is 5.41 Å². The first-order chi connectivity index (χ1) is 11.6. The second kappa shape index (κ2) is 6.43. The summed E-state index contributed by atoms with van der Waals surface area (Å²) in [6, 6.07) is 3.95. The van der Waals surface area contributed by atoms with Gasteiger partial charge in [0.1, 0.15) is 5.82 Å². The molecule has 1 spiro atoms. The van der Waals surface area contributed by atoms with Crippen molar-refractivity contribution in [2.45, 2.75) is 19.3 Å². The second-order valence-corrected chi connectivity index (χ2v) is 6.27. The Morgan fingerprint density at radius 3 is 2.79 bits per heavy atom. The zero-order valence-electron chi connectivity index (χ0n) is 13.6. The van der Waals surface area contributed by atoms with Crippen LogP contribution >= 0.6 is 0 Å². The average Bonchev–Trinajstić information content (AvgIpc) is 3.02. The van der Waals surface area contributed by atoms with Gasteiger partial charge in [-0.15, -0.1) is 0 Å². The summed E-state index contributed by atoms with van der Waals surface area (Å²) in [6.07, 6.45) is 9.01. The van der Waals surface area contributed by atoms with Crippen molar-refractivity contribution in [1.29, 1.82) is 0 Å². The van der Waals surface area contributed by atoms with E-state index in [1.54, 1.807) is 12.2 Å². The third-order valence-electron chi connectivity index (χ3n) is 4.79. The van der Waals surface area contributed by atoms with Crippen LogP contribution in [-0.2, 0) is 9.59 Å². The van der Waals surface area contributed by atoms with E-state index in [0.29, 0.717) is 19.4 Å². The average molecular weight is 323 g/mol. The number of hydrogen-bond acceptors (Lipinski definition) is 4. The lowest BCUT2D eigenvalue weighted by Crippen LogP contribution is -2.50. The van der Waals surface area contributed by atoms with E-state index >= 15 is 0 Å². The van der Waals surface area contributed by atoms with E-state index in [4.69, 9.17) is 0 Å². The highest BCUT2D eigenvalue weighted by Crippen LogP contribution is 2.39. The minimum absolute atomic E-state index is 0.143. The summed E-state index contributed by atoms with van der Waals surface area (Å²) in [5.41, 5.74) is 1.31. The van der Waals surface area contributed by atoms with Crippen molar-refractivity contribution in [1.82, 2.24) is 10.3 Å². The number of hydrogen-bond donors (Lipinski definition) is 1. The molecule has 0 saturated carbocycles. The number of pyridine rings is 1. The van der Waals surface area contributed by atoms with Gasteiger partial charge < -0.3 is 4.90 Å². The highest BCUT2D eigenvalue weighted by molar-refractivity contribution is 6.01. The number of amides is 2. The molecule has 1 aromatic rings. The number of carbonyl (C=O) groups excluding carboxylic acids is 2. The second-order valence-electron chi connectivity index (χ2n) is 6.27. The molecule has 3 heterocycles. The molecule has 124 valence electrons. The van der Waals surface area contributed by atoms with Crippen LogP contribution in [-0.4, -0.2) is 29.9 Å². The maximum Gasteiger partial charge on any atom is 0.234 e. The molecule has 1 unspecified atom stereocenters. The molecule has 2 aliphatic heterocycles.